The first-order chi connectivity index (χ1) is 9.49. The normalized spacial score (nSPS) is 11.9. The van der Waals surface area contributed by atoms with Gasteiger partial charge in [0.1, 0.15) is 6.04 Å². The lowest BCUT2D eigenvalue weighted by atomic mass is 10.1. The van der Waals surface area contributed by atoms with Crippen LogP contribution < -0.4 is 4.74 Å². The molecule has 0 spiro atoms. The molecule has 0 amide bonds. The maximum Gasteiger partial charge on any atom is 0.304 e. The van der Waals surface area contributed by atoms with E-state index in [4.69, 9.17) is 9.84 Å². The molecule has 1 aromatic carbocycles. The first-order valence-electron chi connectivity index (χ1n) is 6.27. The van der Waals surface area contributed by atoms with Crippen LogP contribution in [0.1, 0.15) is 24.9 Å². The van der Waals surface area contributed by atoms with E-state index in [9.17, 15) is 15.2 Å². The second-order valence-electron chi connectivity index (χ2n) is 4.32. The summed E-state index contributed by atoms with van der Waals surface area (Å²) in [5.41, 5.74) is 0.654. The molecular formula is C14H18N2O4. The van der Waals surface area contributed by atoms with Gasteiger partial charge in [-0.05, 0) is 31.7 Å². The fourth-order valence-corrected chi connectivity index (χ4v) is 1.80. The quantitative estimate of drug-likeness (QED) is 0.789. The molecule has 0 heterocycles. The Hall–Kier alpha value is -2.26. The molecular weight excluding hydrogens is 260 g/mol. The maximum atomic E-state index is 10.6. The minimum Gasteiger partial charge on any atom is -0.504 e. The Morgan fingerprint density at radius 3 is 2.80 bits per heavy atom. The lowest BCUT2D eigenvalue weighted by Gasteiger charge is -2.22. The van der Waals surface area contributed by atoms with E-state index in [1.165, 1.54) is 6.07 Å². The van der Waals surface area contributed by atoms with E-state index in [1.807, 2.05) is 0 Å². The lowest BCUT2D eigenvalue weighted by molar-refractivity contribution is -0.137. The molecule has 1 unspecified atom stereocenters. The van der Waals surface area contributed by atoms with Crippen molar-refractivity contribution in [1.82, 2.24) is 4.90 Å². The Morgan fingerprint density at radius 2 is 2.25 bits per heavy atom. The highest BCUT2D eigenvalue weighted by atomic mass is 16.5. The predicted octanol–water partition coefficient (Wildman–Crippen LogP) is 1.76. The van der Waals surface area contributed by atoms with Gasteiger partial charge < -0.3 is 14.9 Å². The number of nitrogens with zero attached hydrogens (tertiary/aromatic N) is 2. The van der Waals surface area contributed by atoms with Crippen molar-refractivity contribution >= 4 is 5.97 Å². The zero-order chi connectivity index (χ0) is 15.1. The summed E-state index contributed by atoms with van der Waals surface area (Å²) in [5.74, 6) is -0.577. The number of phenols is 1. The number of aliphatic carboxylic acids is 1. The zero-order valence-electron chi connectivity index (χ0n) is 11.5. The van der Waals surface area contributed by atoms with Crippen LogP contribution in [0.4, 0.5) is 0 Å². The van der Waals surface area contributed by atoms with Crippen LogP contribution in [0.5, 0.6) is 11.5 Å². The number of hydrogen-bond donors (Lipinski definition) is 2. The van der Waals surface area contributed by atoms with Crippen LogP contribution in [0, 0.1) is 11.3 Å². The molecule has 0 aliphatic carbocycles. The van der Waals surface area contributed by atoms with E-state index in [0.29, 0.717) is 17.9 Å². The summed E-state index contributed by atoms with van der Waals surface area (Å²) in [5, 5.41) is 27.6. The van der Waals surface area contributed by atoms with Gasteiger partial charge in [0.05, 0.1) is 19.1 Å². The number of aromatic hydroxyl groups is 1. The summed E-state index contributed by atoms with van der Waals surface area (Å²) in [4.78, 5) is 12.2. The average molecular weight is 278 g/mol. The fraction of sp³-hybridized carbons (Fsp3) is 0.429. The smallest absolute Gasteiger partial charge is 0.304 e. The monoisotopic (exact) mass is 278 g/mol. The van der Waals surface area contributed by atoms with Crippen molar-refractivity contribution in [2.45, 2.75) is 19.4 Å². The summed E-state index contributed by atoms with van der Waals surface area (Å²) >= 11 is 0. The summed E-state index contributed by atoms with van der Waals surface area (Å²) in [6.45, 7) is 2.47. The minimum atomic E-state index is -0.908. The van der Waals surface area contributed by atoms with Crippen LogP contribution in [0.2, 0.25) is 0 Å². The van der Waals surface area contributed by atoms with Crippen molar-refractivity contribution in [2.24, 2.45) is 0 Å². The molecule has 0 fully saturated rings. The van der Waals surface area contributed by atoms with E-state index in [1.54, 1.807) is 31.0 Å². The number of carboxylic acid groups (broad SMARTS) is 1. The van der Waals surface area contributed by atoms with Gasteiger partial charge in [0.25, 0.3) is 0 Å². The molecule has 6 heteroatoms. The van der Waals surface area contributed by atoms with Crippen molar-refractivity contribution in [3.8, 4) is 17.6 Å². The van der Waals surface area contributed by atoms with Crippen molar-refractivity contribution in [2.75, 3.05) is 20.2 Å². The number of rotatable bonds is 7. The summed E-state index contributed by atoms with van der Waals surface area (Å²) in [6, 6.07) is 6.23. The highest BCUT2D eigenvalue weighted by Gasteiger charge is 2.18. The fourth-order valence-electron chi connectivity index (χ4n) is 1.80. The van der Waals surface area contributed by atoms with E-state index < -0.39 is 12.0 Å². The molecule has 20 heavy (non-hydrogen) atoms. The largest absolute Gasteiger partial charge is 0.504 e. The van der Waals surface area contributed by atoms with Crippen molar-refractivity contribution in [3.05, 3.63) is 23.8 Å². The standard InChI is InChI=1S/C14H18N2O4/c1-3-20-13-8-10(4-5-12(13)17)11(9-15)16(2)7-6-14(18)19/h4-5,8,11,17H,3,6-7H2,1-2H3,(H,18,19). The second-order valence-corrected chi connectivity index (χ2v) is 4.32. The highest BCUT2D eigenvalue weighted by molar-refractivity contribution is 5.66. The highest BCUT2D eigenvalue weighted by Crippen LogP contribution is 2.30. The van der Waals surface area contributed by atoms with E-state index in [-0.39, 0.29) is 18.7 Å². The van der Waals surface area contributed by atoms with Gasteiger partial charge in [0, 0.05) is 6.54 Å². The van der Waals surface area contributed by atoms with Crippen molar-refractivity contribution in [1.29, 1.82) is 5.26 Å². The van der Waals surface area contributed by atoms with Gasteiger partial charge in [-0.15, -0.1) is 0 Å². The van der Waals surface area contributed by atoms with Gasteiger partial charge in [-0.1, -0.05) is 6.07 Å². The molecule has 1 rings (SSSR count). The molecule has 0 aliphatic rings. The van der Waals surface area contributed by atoms with Gasteiger partial charge in [-0.2, -0.15) is 5.26 Å². The lowest BCUT2D eigenvalue weighted by Crippen LogP contribution is -2.26. The number of hydrogen-bond acceptors (Lipinski definition) is 5. The first-order valence-corrected chi connectivity index (χ1v) is 6.27. The number of carboxylic acids is 1. The van der Waals surface area contributed by atoms with E-state index >= 15 is 0 Å². The number of ether oxygens (including phenoxy) is 1. The Bertz CT molecular complexity index is 510. The Kier molecular flexibility index (Phi) is 5.81. The van der Waals surface area contributed by atoms with Gasteiger partial charge in [0.15, 0.2) is 11.5 Å². The average Bonchev–Trinajstić information content (AvgIpc) is 2.41. The molecule has 0 aromatic heterocycles. The summed E-state index contributed by atoms with van der Waals surface area (Å²) in [7, 11) is 1.68. The summed E-state index contributed by atoms with van der Waals surface area (Å²) in [6.07, 6.45) is -0.0366. The third-order valence-corrected chi connectivity index (χ3v) is 2.84. The number of carbonyl (C=O) groups is 1. The zero-order valence-corrected chi connectivity index (χ0v) is 11.5. The Morgan fingerprint density at radius 1 is 1.55 bits per heavy atom. The minimum absolute atomic E-state index is 0.0143. The first kappa shape index (κ1) is 15.8. The van der Waals surface area contributed by atoms with Crippen LogP contribution in [0.25, 0.3) is 0 Å². The van der Waals surface area contributed by atoms with Crippen molar-refractivity contribution < 1.29 is 19.7 Å². The molecule has 0 saturated heterocycles. The summed E-state index contributed by atoms with van der Waals surface area (Å²) < 4.78 is 5.28. The molecule has 1 aromatic rings. The third kappa shape index (κ3) is 4.14. The Balaban J connectivity index is 2.92. The number of benzene rings is 1. The Labute approximate surface area is 117 Å². The molecule has 6 nitrogen and oxygen atoms in total. The molecule has 0 aliphatic heterocycles. The second kappa shape index (κ2) is 7.36. The molecule has 0 radical (unpaired) electrons. The predicted molar refractivity (Wildman–Crippen MR) is 72.5 cm³/mol. The van der Waals surface area contributed by atoms with Crippen LogP contribution in [-0.2, 0) is 4.79 Å². The molecule has 0 bridgehead atoms. The topological polar surface area (TPSA) is 93.8 Å². The van der Waals surface area contributed by atoms with Crippen LogP contribution in [-0.4, -0.2) is 41.3 Å². The molecule has 0 saturated carbocycles. The van der Waals surface area contributed by atoms with Crippen LogP contribution >= 0.6 is 0 Å². The van der Waals surface area contributed by atoms with Gasteiger partial charge in [0.2, 0.25) is 0 Å². The number of nitriles is 1. The molecule has 1 atom stereocenters. The number of phenolic OH excluding ortho intramolecular Hbond substituents is 1. The third-order valence-electron chi connectivity index (χ3n) is 2.84. The molecule has 2 N–H and O–H groups in total. The van der Waals surface area contributed by atoms with Gasteiger partial charge >= 0.3 is 5.97 Å². The SMILES string of the molecule is CCOc1cc(C(C#N)N(C)CCC(=O)O)ccc1O. The van der Waals surface area contributed by atoms with Crippen molar-refractivity contribution in [3.63, 3.8) is 0 Å². The van der Waals surface area contributed by atoms with E-state index in [0.717, 1.165) is 0 Å². The van der Waals surface area contributed by atoms with Crippen LogP contribution in [0.15, 0.2) is 18.2 Å². The van der Waals surface area contributed by atoms with Crippen LogP contribution in [0.3, 0.4) is 0 Å². The van der Waals surface area contributed by atoms with Gasteiger partial charge in [-0.3, -0.25) is 9.69 Å². The van der Waals surface area contributed by atoms with Gasteiger partial charge in [-0.25, -0.2) is 0 Å². The van der Waals surface area contributed by atoms with E-state index in [2.05, 4.69) is 6.07 Å². The maximum absolute atomic E-state index is 10.6. The molecule has 108 valence electrons.